The quantitative estimate of drug-likeness (QED) is 0.940. The molecule has 0 fully saturated rings. The summed E-state index contributed by atoms with van der Waals surface area (Å²) in [5, 5.41) is 9.14. The smallest absolute Gasteiger partial charge is 0.335 e. The summed E-state index contributed by atoms with van der Waals surface area (Å²) >= 11 is 0. The molecule has 0 unspecified atom stereocenters. The first-order chi connectivity index (χ1) is 11.2. The molecule has 1 atom stereocenters. The number of benzene rings is 2. The third-order valence-electron chi connectivity index (χ3n) is 3.97. The topological polar surface area (TPSA) is 59.0 Å². The van der Waals surface area contributed by atoms with Crippen molar-refractivity contribution in [2.24, 2.45) is 0 Å². The minimum atomic E-state index is -0.950. The number of hydrogen-bond donors (Lipinski definition) is 1. The molecular weight excluding hydrogens is 294 g/mol. The van der Waals surface area contributed by atoms with Gasteiger partial charge in [0.1, 0.15) is 12.4 Å². The number of anilines is 1. The predicted molar refractivity (Wildman–Crippen MR) is 87.2 cm³/mol. The van der Waals surface area contributed by atoms with Gasteiger partial charge in [-0.2, -0.15) is 0 Å². The van der Waals surface area contributed by atoms with Crippen LogP contribution in [0.4, 0.5) is 5.69 Å². The third-order valence-corrected chi connectivity index (χ3v) is 3.97. The van der Waals surface area contributed by atoms with Gasteiger partial charge in [-0.25, -0.2) is 4.79 Å². The molecule has 1 aliphatic heterocycles. The molecule has 0 amide bonds. The fraction of sp³-hybridized carbons (Fsp3) is 0.278. The number of nitrogens with zero attached hydrogens (tertiary/aromatic N) is 1. The Morgan fingerprint density at radius 3 is 2.78 bits per heavy atom. The highest BCUT2D eigenvalue weighted by atomic mass is 16.5. The normalized spacial score (nSPS) is 17.1. The zero-order valence-electron chi connectivity index (χ0n) is 12.9. The molecular formula is C18H19NO4. The van der Waals surface area contributed by atoms with E-state index in [4.69, 9.17) is 14.6 Å². The Morgan fingerprint density at radius 2 is 2.09 bits per heavy atom. The zero-order chi connectivity index (χ0) is 16.2. The summed E-state index contributed by atoms with van der Waals surface area (Å²) in [7, 11) is 1.67. The van der Waals surface area contributed by atoms with E-state index in [1.807, 2.05) is 24.3 Å². The Balaban J connectivity index is 1.96. The molecule has 120 valence electrons. The molecule has 2 aromatic carbocycles. The molecule has 0 bridgehead atoms. The minimum Gasteiger partial charge on any atom is -0.491 e. The van der Waals surface area contributed by atoms with Gasteiger partial charge in [0.05, 0.1) is 18.2 Å². The maximum atomic E-state index is 11.1. The van der Waals surface area contributed by atoms with E-state index < -0.39 is 5.97 Å². The number of rotatable bonds is 4. The van der Waals surface area contributed by atoms with Crippen LogP contribution in [-0.4, -0.2) is 37.4 Å². The lowest BCUT2D eigenvalue weighted by molar-refractivity contribution is 0.0696. The van der Waals surface area contributed by atoms with Gasteiger partial charge in [0.2, 0.25) is 0 Å². The Hall–Kier alpha value is -2.53. The van der Waals surface area contributed by atoms with Crippen molar-refractivity contribution in [1.29, 1.82) is 0 Å². The average molecular weight is 313 g/mol. The van der Waals surface area contributed by atoms with E-state index in [0.29, 0.717) is 25.5 Å². The molecule has 23 heavy (non-hydrogen) atoms. The van der Waals surface area contributed by atoms with Crippen LogP contribution in [0.5, 0.6) is 5.75 Å². The molecule has 1 aliphatic rings. The van der Waals surface area contributed by atoms with Crippen molar-refractivity contribution in [2.75, 3.05) is 25.2 Å². The molecule has 0 saturated heterocycles. The van der Waals surface area contributed by atoms with Crippen LogP contribution < -0.4 is 9.64 Å². The second kappa shape index (κ2) is 6.71. The van der Waals surface area contributed by atoms with E-state index in [2.05, 4.69) is 17.0 Å². The Bertz CT molecular complexity index is 687. The van der Waals surface area contributed by atoms with E-state index in [0.717, 1.165) is 11.3 Å². The summed E-state index contributed by atoms with van der Waals surface area (Å²) in [5.74, 6) is -0.321. The first-order valence-corrected chi connectivity index (χ1v) is 7.48. The number of fused-ring (bicyclic) bond motifs is 1. The van der Waals surface area contributed by atoms with Gasteiger partial charge in [-0.15, -0.1) is 0 Å². The van der Waals surface area contributed by atoms with Crippen LogP contribution in [0.3, 0.4) is 0 Å². The van der Waals surface area contributed by atoms with Crippen LogP contribution in [0, 0.1) is 0 Å². The molecule has 1 heterocycles. The SMILES string of the molecule is COC[C@H]1COc2cc(C(=O)O)ccc2CN1c1ccccc1. The Morgan fingerprint density at radius 1 is 1.30 bits per heavy atom. The van der Waals surface area contributed by atoms with Gasteiger partial charge in [0.15, 0.2) is 0 Å². The molecule has 3 rings (SSSR count). The summed E-state index contributed by atoms with van der Waals surface area (Å²) in [6.07, 6.45) is 0. The lowest BCUT2D eigenvalue weighted by Crippen LogP contribution is -2.40. The third kappa shape index (κ3) is 3.29. The van der Waals surface area contributed by atoms with Crippen LogP contribution in [0.25, 0.3) is 0 Å². The minimum absolute atomic E-state index is 0.0584. The van der Waals surface area contributed by atoms with Crippen LogP contribution in [-0.2, 0) is 11.3 Å². The van der Waals surface area contributed by atoms with Gasteiger partial charge in [0.25, 0.3) is 0 Å². The highest BCUT2D eigenvalue weighted by Crippen LogP contribution is 2.29. The number of methoxy groups -OCH3 is 1. The van der Waals surface area contributed by atoms with Gasteiger partial charge < -0.3 is 19.5 Å². The maximum Gasteiger partial charge on any atom is 0.335 e. The van der Waals surface area contributed by atoms with Crippen LogP contribution >= 0.6 is 0 Å². The second-order valence-corrected chi connectivity index (χ2v) is 5.51. The van der Waals surface area contributed by atoms with Crippen LogP contribution in [0.1, 0.15) is 15.9 Å². The average Bonchev–Trinajstić information content (AvgIpc) is 2.75. The van der Waals surface area contributed by atoms with Crippen molar-refractivity contribution in [3.8, 4) is 5.75 Å². The summed E-state index contributed by atoms with van der Waals surface area (Å²) in [6.45, 7) is 1.63. The molecule has 0 aromatic heterocycles. The van der Waals surface area contributed by atoms with E-state index in [-0.39, 0.29) is 11.6 Å². The van der Waals surface area contributed by atoms with E-state index in [1.165, 1.54) is 0 Å². The molecule has 2 aromatic rings. The number of ether oxygens (including phenoxy) is 2. The number of carboxylic acid groups (broad SMARTS) is 1. The number of para-hydroxylation sites is 1. The molecule has 0 saturated carbocycles. The number of aromatic carboxylic acids is 1. The molecule has 0 radical (unpaired) electrons. The first-order valence-electron chi connectivity index (χ1n) is 7.48. The predicted octanol–water partition coefficient (Wildman–Crippen LogP) is 2.80. The molecule has 5 nitrogen and oxygen atoms in total. The van der Waals surface area contributed by atoms with Crippen LogP contribution in [0.15, 0.2) is 48.5 Å². The highest BCUT2D eigenvalue weighted by Gasteiger charge is 2.25. The van der Waals surface area contributed by atoms with Gasteiger partial charge >= 0.3 is 5.97 Å². The standard InChI is InChI=1S/C18H19NO4/c1-22-11-16-12-23-17-9-13(18(20)21)7-8-14(17)10-19(16)15-5-3-2-4-6-15/h2-9,16H,10-12H2,1H3,(H,20,21)/t16-/m0/s1. The summed E-state index contributed by atoms with van der Waals surface area (Å²) in [6, 6.07) is 15.2. The van der Waals surface area contributed by atoms with Gasteiger partial charge in [-0.05, 0) is 24.3 Å². The maximum absolute atomic E-state index is 11.1. The number of carboxylic acids is 1. The lowest BCUT2D eigenvalue weighted by Gasteiger charge is -2.30. The second-order valence-electron chi connectivity index (χ2n) is 5.51. The van der Waals surface area contributed by atoms with Crippen LogP contribution in [0.2, 0.25) is 0 Å². The largest absolute Gasteiger partial charge is 0.491 e. The summed E-state index contributed by atoms with van der Waals surface area (Å²) < 4.78 is 11.2. The monoisotopic (exact) mass is 313 g/mol. The van der Waals surface area contributed by atoms with Crippen molar-refractivity contribution < 1.29 is 19.4 Å². The lowest BCUT2D eigenvalue weighted by atomic mass is 10.1. The fourth-order valence-electron chi connectivity index (χ4n) is 2.79. The van der Waals surface area contributed by atoms with Crippen molar-refractivity contribution in [2.45, 2.75) is 12.6 Å². The summed E-state index contributed by atoms with van der Waals surface area (Å²) in [5.41, 5.74) is 2.30. The molecule has 0 spiro atoms. The van der Waals surface area contributed by atoms with Crippen molar-refractivity contribution in [1.82, 2.24) is 0 Å². The summed E-state index contributed by atoms with van der Waals surface area (Å²) in [4.78, 5) is 13.4. The Kier molecular flexibility index (Phi) is 4.48. The van der Waals surface area contributed by atoms with E-state index in [9.17, 15) is 4.79 Å². The van der Waals surface area contributed by atoms with Gasteiger partial charge in [0, 0.05) is 24.9 Å². The highest BCUT2D eigenvalue weighted by molar-refractivity contribution is 5.88. The van der Waals surface area contributed by atoms with Gasteiger partial charge in [-0.1, -0.05) is 24.3 Å². The fourth-order valence-corrected chi connectivity index (χ4v) is 2.79. The zero-order valence-corrected chi connectivity index (χ0v) is 12.9. The number of carbonyl (C=O) groups is 1. The molecule has 1 N–H and O–H groups in total. The van der Waals surface area contributed by atoms with E-state index >= 15 is 0 Å². The van der Waals surface area contributed by atoms with Gasteiger partial charge in [-0.3, -0.25) is 0 Å². The Labute approximate surface area is 135 Å². The van der Waals surface area contributed by atoms with Crippen molar-refractivity contribution >= 4 is 11.7 Å². The first kappa shape index (κ1) is 15.4. The number of hydrogen-bond acceptors (Lipinski definition) is 4. The molecule has 0 aliphatic carbocycles. The molecule has 5 heteroatoms. The van der Waals surface area contributed by atoms with E-state index in [1.54, 1.807) is 19.2 Å². The van der Waals surface area contributed by atoms with Crippen molar-refractivity contribution in [3.05, 3.63) is 59.7 Å². The van der Waals surface area contributed by atoms with Crippen molar-refractivity contribution in [3.63, 3.8) is 0 Å².